The van der Waals surface area contributed by atoms with Gasteiger partial charge in [0.15, 0.2) is 5.75 Å². The molecular formula is C11H15N3OS. The highest BCUT2D eigenvalue weighted by Crippen LogP contribution is 2.15. The Balaban J connectivity index is 1.89. The van der Waals surface area contributed by atoms with Gasteiger partial charge < -0.3 is 4.74 Å². The predicted octanol–water partition coefficient (Wildman–Crippen LogP) is 2.64. The van der Waals surface area contributed by atoms with E-state index in [2.05, 4.69) is 17.0 Å². The molecule has 0 saturated carbocycles. The Hall–Kier alpha value is -1.36. The van der Waals surface area contributed by atoms with Crippen LogP contribution in [0.2, 0.25) is 0 Å². The van der Waals surface area contributed by atoms with E-state index >= 15 is 0 Å². The van der Waals surface area contributed by atoms with Crippen LogP contribution in [-0.4, -0.2) is 14.8 Å². The van der Waals surface area contributed by atoms with Gasteiger partial charge in [0.05, 0.1) is 22.3 Å². The van der Waals surface area contributed by atoms with Gasteiger partial charge in [-0.15, -0.1) is 11.3 Å². The first-order valence-corrected chi connectivity index (χ1v) is 6.16. The maximum absolute atomic E-state index is 5.62. The summed E-state index contributed by atoms with van der Waals surface area (Å²) in [5.41, 5.74) is 0. The predicted molar refractivity (Wildman–Crippen MR) is 63.7 cm³/mol. The number of ether oxygens (including phenoxy) is 1. The van der Waals surface area contributed by atoms with Crippen LogP contribution in [0.1, 0.15) is 23.2 Å². The van der Waals surface area contributed by atoms with Crippen LogP contribution in [0.25, 0.3) is 0 Å². The molecule has 2 heterocycles. The van der Waals surface area contributed by atoms with E-state index in [0.717, 1.165) is 28.6 Å². The highest BCUT2D eigenvalue weighted by Gasteiger charge is 2.02. The Labute approximate surface area is 98.9 Å². The van der Waals surface area contributed by atoms with E-state index in [1.807, 2.05) is 24.0 Å². The van der Waals surface area contributed by atoms with Crippen LogP contribution in [0.5, 0.6) is 5.75 Å². The molecule has 0 bridgehead atoms. The molecule has 2 rings (SSSR count). The van der Waals surface area contributed by atoms with E-state index in [9.17, 15) is 0 Å². The van der Waals surface area contributed by atoms with Crippen LogP contribution >= 0.6 is 11.3 Å². The molecule has 2 aromatic heterocycles. The zero-order chi connectivity index (χ0) is 11.4. The maximum atomic E-state index is 5.62. The second-order valence-electron chi connectivity index (χ2n) is 3.57. The number of rotatable bonds is 5. The smallest absolute Gasteiger partial charge is 0.157 e. The van der Waals surface area contributed by atoms with E-state index in [1.54, 1.807) is 17.5 Å². The van der Waals surface area contributed by atoms with Crippen molar-refractivity contribution in [1.82, 2.24) is 14.8 Å². The number of aromatic nitrogens is 3. The highest BCUT2D eigenvalue weighted by molar-refractivity contribution is 7.11. The van der Waals surface area contributed by atoms with Gasteiger partial charge in [-0.3, -0.25) is 4.68 Å². The fourth-order valence-electron chi connectivity index (χ4n) is 1.40. The zero-order valence-corrected chi connectivity index (χ0v) is 10.3. The number of nitrogens with zero attached hydrogens (tertiary/aromatic N) is 3. The lowest BCUT2D eigenvalue weighted by Crippen LogP contribution is -1.96. The van der Waals surface area contributed by atoms with Crippen LogP contribution in [0.3, 0.4) is 0 Å². The van der Waals surface area contributed by atoms with Crippen LogP contribution in [0, 0.1) is 6.92 Å². The molecule has 86 valence electrons. The van der Waals surface area contributed by atoms with Gasteiger partial charge >= 0.3 is 0 Å². The summed E-state index contributed by atoms with van der Waals surface area (Å²) in [7, 11) is 0. The summed E-state index contributed by atoms with van der Waals surface area (Å²) in [6, 6.07) is 0. The van der Waals surface area contributed by atoms with Gasteiger partial charge in [-0.25, -0.2) is 4.98 Å². The molecule has 4 nitrogen and oxygen atoms in total. The minimum Gasteiger partial charge on any atom is -0.485 e. The van der Waals surface area contributed by atoms with Gasteiger partial charge in [0.1, 0.15) is 6.61 Å². The van der Waals surface area contributed by atoms with Crippen LogP contribution < -0.4 is 4.74 Å². The Morgan fingerprint density at radius 2 is 2.31 bits per heavy atom. The van der Waals surface area contributed by atoms with Gasteiger partial charge in [-0.2, -0.15) is 5.10 Å². The first-order valence-electron chi connectivity index (χ1n) is 5.34. The average molecular weight is 237 g/mol. The van der Waals surface area contributed by atoms with Gasteiger partial charge in [0, 0.05) is 12.7 Å². The molecule has 2 aromatic rings. The van der Waals surface area contributed by atoms with E-state index < -0.39 is 0 Å². The summed E-state index contributed by atoms with van der Waals surface area (Å²) in [5.74, 6) is 0.819. The van der Waals surface area contributed by atoms with Crippen molar-refractivity contribution in [3.63, 3.8) is 0 Å². The summed E-state index contributed by atoms with van der Waals surface area (Å²) in [4.78, 5) is 5.32. The first kappa shape index (κ1) is 11.1. The van der Waals surface area contributed by atoms with Gasteiger partial charge in [-0.1, -0.05) is 6.92 Å². The monoisotopic (exact) mass is 237 g/mol. The Morgan fingerprint density at radius 1 is 1.44 bits per heavy atom. The third kappa shape index (κ3) is 2.82. The molecule has 0 unspecified atom stereocenters. The van der Waals surface area contributed by atoms with Crippen molar-refractivity contribution in [2.75, 3.05) is 0 Å². The van der Waals surface area contributed by atoms with E-state index in [4.69, 9.17) is 4.74 Å². The molecule has 0 N–H and O–H groups in total. The molecule has 0 aromatic carbocycles. The first-order chi connectivity index (χ1) is 7.78. The zero-order valence-electron chi connectivity index (χ0n) is 9.51. The minimum absolute atomic E-state index is 0.573. The number of aryl methyl sites for hydroxylation is 2. The summed E-state index contributed by atoms with van der Waals surface area (Å²) in [5, 5.41) is 5.27. The average Bonchev–Trinajstić information content (AvgIpc) is 2.85. The molecule has 0 amide bonds. The fraction of sp³-hybridized carbons (Fsp3) is 0.455. The molecule has 0 radical (unpaired) electrons. The van der Waals surface area contributed by atoms with E-state index in [-0.39, 0.29) is 0 Å². The second kappa shape index (κ2) is 5.12. The number of hydrogen-bond acceptors (Lipinski definition) is 4. The molecule has 5 heteroatoms. The maximum Gasteiger partial charge on any atom is 0.157 e. The molecule has 0 aliphatic heterocycles. The van der Waals surface area contributed by atoms with Gasteiger partial charge in [-0.05, 0) is 13.3 Å². The van der Waals surface area contributed by atoms with Crippen LogP contribution in [0.4, 0.5) is 0 Å². The lowest BCUT2D eigenvalue weighted by atomic mass is 10.5. The van der Waals surface area contributed by atoms with Crippen LogP contribution in [-0.2, 0) is 13.2 Å². The topological polar surface area (TPSA) is 39.9 Å². The SMILES string of the molecule is CCCn1cc(OCc2cnc(C)s2)cn1. The van der Waals surface area contributed by atoms with Crippen molar-refractivity contribution in [1.29, 1.82) is 0 Å². The van der Waals surface area contributed by atoms with Crippen molar-refractivity contribution in [3.05, 3.63) is 28.5 Å². The van der Waals surface area contributed by atoms with Gasteiger partial charge in [0.2, 0.25) is 0 Å². The molecule has 0 saturated heterocycles. The van der Waals surface area contributed by atoms with Crippen molar-refractivity contribution < 1.29 is 4.74 Å². The number of thiazole rings is 1. The Kier molecular flexibility index (Phi) is 3.56. The minimum atomic E-state index is 0.573. The summed E-state index contributed by atoms with van der Waals surface area (Å²) >= 11 is 1.66. The van der Waals surface area contributed by atoms with Crippen molar-refractivity contribution in [2.24, 2.45) is 0 Å². The molecule has 0 fully saturated rings. The van der Waals surface area contributed by atoms with Crippen molar-refractivity contribution in [2.45, 2.75) is 33.4 Å². The fourth-order valence-corrected chi connectivity index (χ4v) is 2.11. The summed E-state index contributed by atoms with van der Waals surface area (Å²) in [6.07, 6.45) is 6.62. The lowest BCUT2D eigenvalue weighted by molar-refractivity contribution is 0.309. The Bertz CT molecular complexity index is 450. The molecule has 0 spiro atoms. The quantitative estimate of drug-likeness (QED) is 0.802. The molecule has 0 atom stereocenters. The molecular weight excluding hydrogens is 222 g/mol. The van der Waals surface area contributed by atoms with E-state index in [0.29, 0.717) is 6.61 Å². The standard InChI is InChI=1S/C11H15N3OS/c1-3-4-14-7-10(5-13-14)15-8-11-6-12-9(2)16-11/h5-7H,3-4,8H2,1-2H3. The van der Waals surface area contributed by atoms with E-state index in [1.165, 1.54) is 0 Å². The third-order valence-electron chi connectivity index (χ3n) is 2.11. The van der Waals surface area contributed by atoms with Crippen LogP contribution in [0.15, 0.2) is 18.6 Å². The normalized spacial score (nSPS) is 10.6. The largest absolute Gasteiger partial charge is 0.485 e. The number of hydrogen-bond donors (Lipinski definition) is 0. The molecule has 0 aliphatic carbocycles. The van der Waals surface area contributed by atoms with Crippen molar-refractivity contribution in [3.8, 4) is 5.75 Å². The second-order valence-corrected chi connectivity index (χ2v) is 4.89. The third-order valence-corrected chi connectivity index (χ3v) is 3.00. The highest BCUT2D eigenvalue weighted by atomic mass is 32.1. The summed E-state index contributed by atoms with van der Waals surface area (Å²) < 4.78 is 7.52. The summed E-state index contributed by atoms with van der Waals surface area (Å²) in [6.45, 7) is 5.63. The lowest BCUT2D eigenvalue weighted by Gasteiger charge is -1.99. The Morgan fingerprint density at radius 3 is 3.00 bits per heavy atom. The van der Waals surface area contributed by atoms with Gasteiger partial charge in [0.25, 0.3) is 0 Å². The molecule has 0 aliphatic rings. The van der Waals surface area contributed by atoms with Crippen molar-refractivity contribution >= 4 is 11.3 Å². The molecule has 16 heavy (non-hydrogen) atoms.